The highest BCUT2D eigenvalue weighted by molar-refractivity contribution is 7.09. The molecule has 0 aliphatic heterocycles. The Morgan fingerprint density at radius 3 is 2.67 bits per heavy atom. The molecule has 0 spiro atoms. The number of aromatic nitrogens is 1. The van der Waals surface area contributed by atoms with Crippen LogP contribution in [-0.4, -0.2) is 28.9 Å². The van der Waals surface area contributed by atoms with Crippen LogP contribution in [-0.2, 0) is 11.3 Å². The van der Waals surface area contributed by atoms with Gasteiger partial charge in [0.05, 0.1) is 17.2 Å². The van der Waals surface area contributed by atoms with Gasteiger partial charge in [0.2, 0.25) is 5.91 Å². The van der Waals surface area contributed by atoms with Crippen molar-refractivity contribution in [3.8, 4) is 0 Å². The molecule has 1 heterocycles. The van der Waals surface area contributed by atoms with Crippen LogP contribution in [0.1, 0.15) is 42.8 Å². The molecule has 2 bridgehead atoms. The van der Waals surface area contributed by atoms with Gasteiger partial charge in [0.25, 0.3) is 0 Å². The summed E-state index contributed by atoms with van der Waals surface area (Å²) in [6, 6.07) is 0.328. The van der Waals surface area contributed by atoms with Crippen molar-refractivity contribution in [2.24, 2.45) is 23.5 Å². The van der Waals surface area contributed by atoms with Crippen LogP contribution >= 0.6 is 11.3 Å². The number of nitrogens with zero attached hydrogens (tertiary/aromatic N) is 2. The minimum atomic E-state index is 0.171. The van der Waals surface area contributed by atoms with E-state index in [4.69, 9.17) is 5.73 Å². The Hall–Kier alpha value is -0.940. The van der Waals surface area contributed by atoms with Gasteiger partial charge in [-0.2, -0.15) is 0 Å². The predicted octanol–water partition coefficient (Wildman–Crippen LogP) is 2.56. The minimum absolute atomic E-state index is 0.171. The Morgan fingerprint density at radius 1 is 1.43 bits per heavy atom. The van der Waals surface area contributed by atoms with Crippen molar-refractivity contribution in [1.82, 2.24) is 9.88 Å². The van der Waals surface area contributed by atoms with Gasteiger partial charge in [-0.1, -0.05) is 6.42 Å². The summed E-state index contributed by atoms with van der Waals surface area (Å²) in [6.07, 6.45) is 5.67. The highest BCUT2D eigenvalue weighted by Crippen LogP contribution is 2.42. The van der Waals surface area contributed by atoms with Gasteiger partial charge in [0.1, 0.15) is 0 Å². The number of rotatable bonds is 3. The molecule has 2 unspecified atom stereocenters. The maximum atomic E-state index is 12.7. The third-order valence-electron chi connectivity index (χ3n) is 5.20. The SMILES string of the molecule is Cc1nc(CN(C)C(=O)C2CC3CCCC(C2)C3N)cs1. The average Bonchev–Trinajstić information content (AvgIpc) is 2.83. The zero-order chi connectivity index (χ0) is 15.0. The van der Waals surface area contributed by atoms with Gasteiger partial charge in [0, 0.05) is 24.4 Å². The molecule has 2 N–H and O–H groups in total. The van der Waals surface area contributed by atoms with Crippen molar-refractivity contribution in [2.75, 3.05) is 7.05 Å². The average molecular weight is 307 g/mol. The van der Waals surface area contributed by atoms with Crippen LogP contribution in [0.25, 0.3) is 0 Å². The number of nitrogens with two attached hydrogens (primary N) is 1. The molecular formula is C16H25N3OS. The highest BCUT2D eigenvalue weighted by Gasteiger charge is 2.41. The van der Waals surface area contributed by atoms with Gasteiger partial charge in [-0.05, 0) is 44.4 Å². The molecule has 1 amide bonds. The van der Waals surface area contributed by atoms with Gasteiger partial charge >= 0.3 is 0 Å². The Balaban J connectivity index is 1.62. The summed E-state index contributed by atoms with van der Waals surface area (Å²) in [5.74, 6) is 1.57. The van der Waals surface area contributed by atoms with E-state index in [1.807, 2.05) is 24.3 Å². The number of carbonyl (C=O) groups excluding carboxylic acids is 1. The fourth-order valence-electron chi connectivity index (χ4n) is 4.10. The molecule has 3 rings (SSSR count). The van der Waals surface area contributed by atoms with E-state index >= 15 is 0 Å². The lowest BCUT2D eigenvalue weighted by Crippen LogP contribution is -2.49. The fraction of sp³-hybridized carbons (Fsp3) is 0.750. The standard InChI is InChI=1S/C16H25N3OS/c1-10-18-14(9-21-10)8-19(2)16(20)13-6-11-4-3-5-12(7-13)15(11)17/h9,11-13,15H,3-8,17H2,1-2H3. The second-order valence-electron chi connectivity index (χ2n) is 6.75. The van der Waals surface area contributed by atoms with Crippen LogP contribution in [0.2, 0.25) is 0 Å². The van der Waals surface area contributed by atoms with Gasteiger partial charge in [0.15, 0.2) is 0 Å². The Labute approximate surface area is 130 Å². The third-order valence-corrected chi connectivity index (χ3v) is 6.03. The summed E-state index contributed by atoms with van der Waals surface area (Å²) < 4.78 is 0. The van der Waals surface area contributed by atoms with Crippen molar-refractivity contribution in [3.05, 3.63) is 16.1 Å². The minimum Gasteiger partial charge on any atom is -0.340 e. The van der Waals surface area contributed by atoms with Crippen LogP contribution < -0.4 is 5.73 Å². The van der Waals surface area contributed by atoms with E-state index in [2.05, 4.69) is 4.98 Å². The second kappa shape index (κ2) is 6.05. The van der Waals surface area contributed by atoms with Crippen LogP contribution in [0, 0.1) is 24.7 Å². The molecule has 21 heavy (non-hydrogen) atoms. The van der Waals surface area contributed by atoms with E-state index in [1.54, 1.807) is 11.3 Å². The van der Waals surface area contributed by atoms with Crippen molar-refractivity contribution < 1.29 is 4.79 Å². The lowest BCUT2D eigenvalue weighted by atomic mass is 9.65. The van der Waals surface area contributed by atoms with E-state index in [0.29, 0.717) is 24.4 Å². The molecule has 0 aromatic carbocycles. The first kappa shape index (κ1) is 15.0. The Bertz CT molecular complexity index is 501. The summed E-state index contributed by atoms with van der Waals surface area (Å²) in [7, 11) is 1.90. The summed E-state index contributed by atoms with van der Waals surface area (Å²) in [5, 5.41) is 3.11. The van der Waals surface area contributed by atoms with E-state index in [0.717, 1.165) is 23.5 Å². The normalized spacial score (nSPS) is 32.0. The van der Waals surface area contributed by atoms with Crippen LogP contribution in [0.15, 0.2) is 5.38 Å². The summed E-state index contributed by atoms with van der Waals surface area (Å²) >= 11 is 1.64. The molecule has 2 atom stereocenters. The molecular weight excluding hydrogens is 282 g/mol. The van der Waals surface area contributed by atoms with E-state index in [-0.39, 0.29) is 11.8 Å². The zero-order valence-corrected chi connectivity index (χ0v) is 13.7. The lowest BCUT2D eigenvalue weighted by molar-refractivity contribution is -0.137. The maximum absolute atomic E-state index is 12.7. The summed E-state index contributed by atoms with van der Waals surface area (Å²) in [4.78, 5) is 19.0. The smallest absolute Gasteiger partial charge is 0.225 e. The fourth-order valence-corrected chi connectivity index (χ4v) is 4.71. The first-order valence-corrected chi connectivity index (χ1v) is 8.84. The van der Waals surface area contributed by atoms with Gasteiger partial charge in [-0.25, -0.2) is 4.98 Å². The molecule has 116 valence electrons. The Morgan fingerprint density at radius 2 is 2.10 bits per heavy atom. The highest BCUT2D eigenvalue weighted by atomic mass is 32.1. The van der Waals surface area contributed by atoms with E-state index < -0.39 is 0 Å². The van der Waals surface area contributed by atoms with E-state index in [1.165, 1.54) is 19.3 Å². The molecule has 1 aromatic heterocycles. The second-order valence-corrected chi connectivity index (χ2v) is 7.81. The van der Waals surface area contributed by atoms with Gasteiger partial charge < -0.3 is 10.6 Å². The Kier molecular flexibility index (Phi) is 4.31. The number of aryl methyl sites for hydroxylation is 1. The molecule has 2 fully saturated rings. The largest absolute Gasteiger partial charge is 0.340 e. The van der Waals surface area contributed by atoms with Crippen LogP contribution in [0.5, 0.6) is 0 Å². The molecule has 2 aliphatic carbocycles. The van der Waals surface area contributed by atoms with Crippen molar-refractivity contribution in [3.63, 3.8) is 0 Å². The van der Waals surface area contributed by atoms with Crippen LogP contribution in [0.4, 0.5) is 0 Å². The van der Waals surface area contributed by atoms with Crippen LogP contribution in [0.3, 0.4) is 0 Å². The predicted molar refractivity (Wildman–Crippen MR) is 84.9 cm³/mol. The summed E-state index contributed by atoms with van der Waals surface area (Å²) in [6.45, 7) is 2.63. The van der Waals surface area contributed by atoms with Gasteiger partial charge in [-0.15, -0.1) is 11.3 Å². The number of amides is 1. The van der Waals surface area contributed by atoms with Crippen molar-refractivity contribution in [2.45, 2.75) is 51.6 Å². The molecule has 2 aliphatic rings. The monoisotopic (exact) mass is 307 g/mol. The molecule has 0 radical (unpaired) electrons. The van der Waals surface area contributed by atoms with Crippen molar-refractivity contribution in [1.29, 1.82) is 0 Å². The topological polar surface area (TPSA) is 59.2 Å². The quantitative estimate of drug-likeness (QED) is 0.933. The number of thiazole rings is 1. The third kappa shape index (κ3) is 3.14. The maximum Gasteiger partial charge on any atom is 0.225 e. The van der Waals surface area contributed by atoms with Crippen molar-refractivity contribution >= 4 is 17.2 Å². The number of fused-ring (bicyclic) bond motifs is 2. The van der Waals surface area contributed by atoms with E-state index in [9.17, 15) is 4.79 Å². The number of hydrogen-bond acceptors (Lipinski definition) is 4. The lowest BCUT2D eigenvalue weighted by Gasteiger charge is -2.44. The summed E-state index contributed by atoms with van der Waals surface area (Å²) in [5.41, 5.74) is 7.32. The molecule has 0 saturated heterocycles. The molecule has 4 nitrogen and oxygen atoms in total. The molecule has 5 heteroatoms. The number of carbonyl (C=O) groups is 1. The first-order chi connectivity index (χ1) is 10.0. The molecule has 1 aromatic rings. The molecule has 2 saturated carbocycles. The van der Waals surface area contributed by atoms with Gasteiger partial charge in [-0.3, -0.25) is 4.79 Å². The first-order valence-electron chi connectivity index (χ1n) is 7.96. The number of hydrogen-bond donors (Lipinski definition) is 1. The zero-order valence-electron chi connectivity index (χ0n) is 12.9.